The Kier molecular flexibility index (Phi) is 6.04. The van der Waals surface area contributed by atoms with Crippen molar-refractivity contribution in [3.8, 4) is 0 Å². The van der Waals surface area contributed by atoms with Gasteiger partial charge in [0, 0.05) is 19.6 Å². The maximum Gasteiger partial charge on any atom is 0.181 e. The summed E-state index contributed by atoms with van der Waals surface area (Å²) in [7, 11) is 0. The second kappa shape index (κ2) is 7.43. The number of hydrogen-bond acceptors (Lipinski definition) is 4. The standard InChI is InChI=1S/C11H20N2O2/c1-3-6-14-7-5-11-10(8-12-4-2)13-9-15-11/h9,12H,3-8H2,1-2H3. The van der Waals surface area contributed by atoms with Gasteiger partial charge in [-0.05, 0) is 13.0 Å². The largest absolute Gasteiger partial charge is 0.448 e. The molecule has 0 amide bonds. The molecule has 1 aromatic heterocycles. The van der Waals surface area contributed by atoms with Crippen molar-refractivity contribution in [3.05, 3.63) is 17.8 Å². The Morgan fingerprint density at radius 3 is 3.00 bits per heavy atom. The lowest BCUT2D eigenvalue weighted by Gasteiger charge is -2.02. The third kappa shape index (κ3) is 4.44. The Balaban J connectivity index is 2.29. The van der Waals surface area contributed by atoms with E-state index in [1.54, 1.807) is 0 Å². The molecule has 0 bridgehead atoms. The van der Waals surface area contributed by atoms with Crippen molar-refractivity contribution < 1.29 is 9.15 Å². The highest BCUT2D eigenvalue weighted by atomic mass is 16.5. The second-order valence-corrected chi connectivity index (χ2v) is 3.36. The molecule has 0 aromatic carbocycles. The number of hydrogen-bond donors (Lipinski definition) is 1. The molecule has 1 N–H and O–H groups in total. The van der Waals surface area contributed by atoms with Crippen molar-refractivity contribution in [2.45, 2.75) is 33.2 Å². The highest BCUT2D eigenvalue weighted by Crippen LogP contribution is 2.07. The molecule has 4 nitrogen and oxygen atoms in total. The number of rotatable bonds is 8. The first-order chi connectivity index (χ1) is 7.38. The van der Waals surface area contributed by atoms with Crippen molar-refractivity contribution in [1.82, 2.24) is 10.3 Å². The van der Waals surface area contributed by atoms with Crippen LogP contribution in [0.25, 0.3) is 0 Å². The molecule has 15 heavy (non-hydrogen) atoms. The summed E-state index contributed by atoms with van der Waals surface area (Å²) >= 11 is 0. The topological polar surface area (TPSA) is 47.3 Å². The van der Waals surface area contributed by atoms with E-state index in [-0.39, 0.29) is 0 Å². The molecule has 0 spiro atoms. The van der Waals surface area contributed by atoms with Crippen LogP contribution in [0.2, 0.25) is 0 Å². The molecule has 86 valence electrons. The highest BCUT2D eigenvalue weighted by molar-refractivity contribution is 5.07. The highest BCUT2D eigenvalue weighted by Gasteiger charge is 2.06. The van der Waals surface area contributed by atoms with Crippen molar-refractivity contribution in [2.24, 2.45) is 0 Å². The molecule has 0 saturated carbocycles. The van der Waals surface area contributed by atoms with E-state index in [1.165, 1.54) is 6.39 Å². The summed E-state index contributed by atoms with van der Waals surface area (Å²) in [5, 5.41) is 3.23. The molecule has 1 rings (SSSR count). The van der Waals surface area contributed by atoms with Crippen LogP contribution in [-0.2, 0) is 17.7 Å². The SMILES string of the molecule is CCCOCCc1ocnc1CNCC. The molecule has 0 atom stereocenters. The van der Waals surface area contributed by atoms with E-state index >= 15 is 0 Å². The third-order valence-corrected chi connectivity index (χ3v) is 2.09. The van der Waals surface area contributed by atoms with Gasteiger partial charge in [0.1, 0.15) is 5.76 Å². The second-order valence-electron chi connectivity index (χ2n) is 3.36. The number of ether oxygens (including phenoxy) is 1. The van der Waals surface area contributed by atoms with Crippen LogP contribution < -0.4 is 5.32 Å². The summed E-state index contributed by atoms with van der Waals surface area (Å²) in [6.07, 6.45) is 3.36. The van der Waals surface area contributed by atoms with Crippen LogP contribution in [0, 0.1) is 0 Å². The number of aromatic nitrogens is 1. The Morgan fingerprint density at radius 2 is 2.27 bits per heavy atom. The van der Waals surface area contributed by atoms with Gasteiger partial charge in [0.25, 0.3) is 0 Å². The Bertz CT molecular complexity index is 261. The summed E-state index contributed by atoms with van der Waals surface area (Å²) in [6.45, 7) is 7.42. The summed E-state index contributed by atoms with van der Waals surface area (Å²) in [6, 6.07) is 0. The molecule has 0 fully saturated rings. The van der Waals surface area contributed by atoms with Crippen LogP contribution >= 0.6 is 0 Å². The Morgan fingerprint density at radius 1 is 1.40 bits per heavy atom. The van der Waals surface area contributed by atoms with E-state index in [0.717, 1.165) is 44.0 Å². The van der Waals surface area contributed by atoms with Crippen LogP contribution in [0.1, 0.15) is 31.7 Å². The van der Waals surface area contributed by atoms with Gasteiger partial charge in [-0.2, -0.15) is 0 Å². The predicted molar refractivity (Wildman–Crippen MR) is 58.7 cm³/mol. The normalized spacial score (nSPS) is 10.8. The molecular weight excluding hydrogens is 192 g/mol. The summed E-state index contributed by atoms with van der Waals surface area (Å²) in [4.78, 5) is 4.17. The molecule has 0 radical (unpaired) electrons. The Hall–Kier alpha value is -0.870. The lowest BCUT2D eigenvalue weighted by Crippen LogP contribution is -2.13. The summed E-state index contributed by atoms with van der Waals surface area (Å²) < 4.78 is 10.7. The fourth-order valence-electron chi connectivity index (χ4n) is 1.30. The lowest BCUT2D eigenvalue weighted by molar-refractivity contribution is 0.134. The molecule has 1 heterocycles. The number of nitrogens with zero attached hydrogens (tertiary/aromatic N) is 1. The van der Waals surface area contributed by atoms with Gasteiger partial charge in [-0.3, -0.25) is 0 Å². The molecular formula is C11H20N2O2. The first kappa shape index (κ1) is 12.2. The van der Waals surface area contributed by atoms with Gasteiger partial charge < -0.3 is 14.5 Å². The van der Waals surface area contributed by atoms with Crippen LogP contribution in [0.4, 0.5) is 0 Å². The van der Waals surface area contributed by atoms with E-state index in [9.17, 15) is 0 Å². The van der Waals surface area contributed by atoms with E-state index in [2.05, 4.69) is 24.1 Å². The third-order valence-electron chi connectivity index (χ3n) is 2.09. The average Bonchev–Trinajstić information content (AvgIpc) is 2.69. The van der Waals surface area contributed by atoms with Gasteiger partial charge in [0.15, 0.2) is 6.39 Å². The maximum absolute atomic E-state index is 5.41. The van der Waals surface area contributed by atoms with Crippen molar-refractivity contribution in [3.63, 3.8) is 0 Å². The summed E-state index contributed by atoms with van der Waals surface area (Å²) in [5.74, 6) is 0.937. The quantitative estimate of drug-likeness (QED) is 0.667. The van der Waals surface area contributed by atoms with Crippen molar-refractivity contribution in [1.29, 1.82) is 0 Å². The van der Waals surface area contributed by atoms with Gasteiger partial charge in [0.05, 0.1) is 12.3 Å². The Labute approximate surface area is 91.0 Å². The van der Waals surface area contributed by atoms with E-state index in [1.807, 2.05) is 0 Å². The number of oxazole rings is 1. The van der Waals surface area contributed by atoms with E-state index < -0.39 is 0 Å². The monoisotopic (exact) mass is 212 g/mol. The smallest absolute Gasteiger partial charge is 0.181 e. The van der Waals surface area contributed by atoms with Gasteiger partial charge in [0.2, 0.25) is 0 Å². The zero-order chi connectivity index (χ0) is 10.9. The van der Waals surface area contributed by atoms with Gasteiger partial charge >= 0.3 is 0 Å². The van der Waals surface area contributed by atoms with Crippen molar-refractivity contribution in [2.75, 3.05) is 19.8 Å². The van der Waals surface area contributed by atoms with Crippen LogP contribution in [-0.4, -0.2) is 24.7 Å². The van der Waals surface area contributed by atoms with Gasteiger partial charge in [-0.25, -0.2) is 4.98 Å². The predicted octanol–water partition coefficient (Wildman–Crippen LogP) is 1.75. The van der Waals surface area contributed by atoms with Crippen LogP contribution in [0.15, 0.2) is 10.8 Å². The lowest BCUT2D eigenvalue weighted by atomic mass is 10.2. The summed E-state index contributed by atoms with van der Waals surface area (Å²) in [5.41, 5.74) is 0.997. The zero-order valence-corrected chi connectivity index (χ0v) is 9.58. The first-order valence-electron chi connectivity index (χ1n) is 5.58. The minimum Gasteiger partial charge on any atom is -0.448 e. The fourth-order valence-corrected chi connectivity index (χ4v) is 1.30. The minimum atomic E-state index is 0.710. The van der Waals surface area contributed by atoms with Gasteiger partial charge in [-0.15, -0.1) is 0 Å². The molecule has 0 aliphatic heterocycles. The molecule has 1 aromatic rings. The number of nitrogens with one attached hydrogen (secondary N) is 1. The molecule has 0 unspecified atom stereocenters. The zero-order valence-electron chi connectivity index (χ0n) is 9.58. The maximum atomic E-state index is 5.41. The van der Waals surface area contributed by atoms with E-state index in [4.69, 9.17) is 9.15 Å². The van der Waals surface area contributed by atoms with Crippen LogP contribution in [0.3, 0.4) is 0 Å². The first-order valence-corrected chi connectivity index (χ1v) is 5.58. The molecule has 0 saturated heterocycles. The van der Waals surface area contributed by atoms with E-state index in [0.29, 0.717) is 6.61 Å². The van der Waals surface area contributed by atoms with Crippen LogP contribution in [0.5, 0.6) is 0 Å². The molecule has 4 heteroatoms. The fraction of sp³-hybridized carbons (Fsp3) is 0.727. The molecule has 0 aliphatic rings. The average molecular weight is 212 g/mol. The molecule has 0 aliphatic carbocycles. The van der Waals surface area contributed by atoms with Crippen molar-refractivity contribution >= 4 is 0 Å². The van der Waals surface area contributed by atoms with Gasteiger partial charge in [-0.1, -0.05) is 13.8 Å². The minimum absolute atomic E-state index is 0.710.